The van der Waals surface area contributed by atoms with Gasteiger partial charge in [0.2, 0.25) is 15.9 Å². The Kier molecular flexibility index (Phi) is 6.94. The topological polar surface area (TPSA) is 147 Å². The molecule has 0 amide bonds. The zero-order valence-corrected chi connectivity index (χ0v) is 22.9. The molecule has 0 aliphatic carbocycles. The molecule has 0 aliphatic heterocycles. The summed E-state index contributed by atoms with van der Waals surface area (Å²) in [4.78, 5) is 22.8. The maximum Gasteiger partial charge on any atom is 0.267 e. The smallest absolute Gasteiger partial charge is 0.267 e. The molecule has 15 heteroatoms. The average Bonchev–Trinajstić information content (AvgIpc) is 3.18. The molecule has 3 aromatic heterocycles. The molecule has 3 heterocycles. The summed E-state index contributed by atoms with van der Waals surface area (Å²) in [5.41, 5.74) is 6.80. The molecular formula is C25H22ClF2N7O4S. The Bertz CT molecular complexity index is 1960. The lowest BCUT2D eigenvalue weighted by molar-refractivity contribution is 0.399. The number of hydrogen-bond acceptors (Lipinski definition) is 8. The Hall–Kier alpha value is -4.14. The SMILES string of the molecule is COc1ccc2c(=O)n(-c3ccc(Cl)c4c(NS(C)(=O)=O)nn(C)c34)c(C(N)Cc3cc(F)cc(F)c3)nc2n1. The van der Waals surface area contributed by atoms with Crippen LogP contribution in [0.5, 0.6) is 5.88 Å². The number of ether oxygens (including phenoxy) is 1. The van der Waals surface area contributed by atoms with Crippen LogP contribution in [0.4, 0.5) is 14.6 Å². The molecule has 0 radical (unpaired) electrons. The fourth-order valence-corrected chi connectivity index (χ4v) is 5.26. The van der Waals surface area contributed by atoms with E-state index in [-0.39, 0.29) is 56.6 Å². The van der Waals surface area contributed by atoms with Crippen molar-refractivity contribution < 1.29 is 21.9 Å². The third kappa shape index (κ3) is 5.08. The Morgan fingerprint density at radius 1 is 1.12 bits per heavy atom. The highest BCUT2D eigenvalue weighted by Crippen LogP contribution is 2.35. The van der Waals surface area contributed by atoms with E-state index in [0.29, 0.717) is 5.52 Å². The van der Waals surface area contributed by atoms with Gasteiger partial charge in [0, 0.05) is 19.2 Å². The van der Waals surface area contributed by atoms with Gasteiger partial charge in [-0.3, -0.25) is 18.8 Å². The molecule has 0 saturated heterocycles. The van der Waals surface area contributed by atoms with Gasteiger partial charge in [0.1, 0.15) is 17.5 Å². The van der Waals surface area contributed by atoms with Crippen molar-refractivity contribution in [3.8, 4) is 11.6 Å². The number of aromatic nitrogens is 5. The van der Waals surface area contributed by atoms with Crippen LogP contribution in [0.25, 0.3) is 27.6 Å². The van der Waals surface area contributed by atoms with Gasteiger partial charge < -0.3 is 10.5 Å². The summed E-state index contributed by atoms with van der Waals surface area (Å²) in [5, 5.41) is 4.80. The first-order valence-electron chi connectivity index (χ1n) is 11.7. The van der Waals surface area contributed by atoms with Crippen LogP contribution in [0.1, 0.15) is 17.4 Å². The Labute approximate surface area is 231 Å². The standard InChI is InChI=1S/C25H22ClF2N7O4S/c1-34-21-18(6-5-16(26)20(21)23(32-34)33-40(3,37)38)35-24(17(29)10-12-8-13(27)11-14(28)9-12)31-22-15(25(35)36)4-7-19(30-22)39-2/h4-9,11,17H,10,29H2,1-3H3,(H,32,33). The predicted octanol–water partition coefficient (Wildman–Crippen LogP) is 3.22. The van der Waals surface area contributed by atoms with Crippen molar-refractivity contribution in [1.82, 2.24) is 24.3 Å². The first-order chi connectivity index (χ1) is 18.9. The van der Waals surface area contributed by atoms with Gasteiger partial charge in [-0.05, 0) is 42.3 Å². The number of nitrogens with two attached hydrogens (primary N) is 1. The van der Waals surface area contributed by atoms with Crippen LogP contribution in [0.15, 0.2) is 47.3 Å². The summed E-state index contributed by atoms with van der Waals surface area (Å²) in [6, 6.07) is 7.99. The van der Waals surface area contributed by atoms with Gasteiger partial charge >= 0.3 is 0 Å². The highest BCUT2D eigenvalue weighted by molar-refractivity contribution is 7.92. The highest BCUT2D eigenvalue weighted by atomic mass is 35.5. The fourth-order valence-electron chi connectivity index (χ4n) is 4.52. The molecule has 0 bridgehead atoms. The van der Waals surface area contributed by atoms with Gasteiger partial charge in [0.05, 0.1) is 46.4 Å². The number of nitrogens with one attached hydrogen (secondary N) is 1. The van der Waals surface area contributed by atoms with Crippen molar-refractivity contribution in [3.63, 3.8) is 0 Å². The van der Waals surface area contributed by atoms with Crippen molar-refractivity contribution in [2.75, 3.05) is 18.1 Å². The Morgan fingerprint density at radius 2 is 1.82 bits per heavy atom. The van der Waals surface area contributed by atoms with E-state index >= 15 is 0 Å². The Morgan fingerprint density at radius 3 is 2.48 bits per heavy atom. The van der Waals surface area contributed by atoms with Gasteiger partial charge in [-0.2, -0.15) is 10.1 Å². The third-order valence-electron chi connectivity index (χ3n) is 6.09. The first kappa shape index (κ1) is 27.4. The van der Waals surface area contributed by atoms with E-state index in [1.54, 1.807) is 13.1 Å². The minimum absolute atomic E-state index is 0.0189. The summed E-state index contributed by atoms with van der Waals surface area (Å²) in [6.07, 6.45) is 0.885. The molecule has 40 heavy (non-hydrogen) atoms. The molecule has 208 valence electrons. The van der Waals surface area contributed by atoms with E-state index in [4.69, 9.17) is 22.1 Å². The molecule has 5 aromatic rings. The van der Waals surface area contributed by atoms with E-state index in [1.165, 1.54) is 34.6 Å². The van der Waals surface area contributed by atoms with E-state index in [2.05, 4.69) is 19.8 Å². The van der Waals surface area contributed by atoms with E-state index in [0.717, 1.165) is 24.5 Å². The number of sulfonamides is 1. The third-order valence-corrected chi connectivity index (χ3v) is 6.97. The second-order valence-electron chi connectivity index (χ2n) is 9.06. The average molecular weight is 590 g/mol. The quantitative estimate of drug-likeness (QED) is 0.294. The summed E-state index contributed by atoms with van der Waals surface area (Å²) in [7, 11) is -0.759. The van der Waals surface area contributed by atoms with Crippen LogP contribution in [0.3, 0.4) is 0 Å². The second kappa shape index (κ2) is 10.1. The number of fused-ring (bicyclic) bond motifs is 2. The van der Waals surface area contributed by atoms with E-state index in [1.807, 2.05) is 0 Å². The zero-order chi connectivity index (χ0) is 28.9. The summed E-state index contributed by atoms with van der Waals surface area (Å²) in [5.74, 6) is -1.37. The van der Waals surface area contributed by atoms with Gasteiger partial charge in [0.25, 0.3) is 5.56 Å². The summed E-state index contributed by atoms with van der Waals surface area (Å²) < 4.78 is 61.9. The molecule has 1 atom stereocenters. The largest absolute Gasteiger partial charge is 0.481 e. The molecule has 5 rings (SSSR count). The molecule has 0 fully saturated rings. The summed E-state index contributed by atoms with van der Waals surface area (Å²) >= 11 is 6.46. The van der Waals surface area contributed by atoms with Gasteiger partial charge in [0.15, 0.2) is 11.5 Å². The Balaban J connectivity index is 1.81. The predicted molar refractivity (Wildman–Crippen MR) is 146 cm³/mol. The molecule has 0 saturated carbocycles. The van der Waals surface area contributed by atoms with Crippen molar-refractivity contribution in [1.29, 1.82) is 0 Å². The minimum atomic E-state index is -3.72. The van der Waals surface area contributed by atoms with Gasteiger partial charge in [-0.25, -0.2) is 22.2 Å². The van der Waals surface area contributed by atoms with Crippen molar-refractivity contribution in [2.45, 2.75) is 12.5 Å². The molecule has 11 nitrogen and oxygen atoms in total. The zero-order valence-electron chi connectivity index (χ0n) is 21.3. The van der Waals surface area contributed by atoms with Crippen LogP contribution >= 0.6 is 11.6 Å². The van der Waals surface area contributed by atoms with E-state index < -0.39 is 33.3 Å². The number of methoxy groups -OCH3 is 1. The minimum Gasteiger partial charge on any atom is -0.481 e. The molecule has 0 aliphatic rings. The lowest BCUT2D eigenvalue weighted by Crippen LogP contribution is -2.30. The highest BCUT2D eigenvalue weighted by Gasteiger charge is 2.25. The molecular weight excluding hydrogens is 568 g/mol. The molecule has 0 spiro atoms. The maximum atomic E-state index is 14.0. The molecule has 3 N–H and O–H groups in total. The maximum absolute atomic E-state index is 14.0. The number of rotatable bonds is 7. The normalized spacial score (nSPS) is 12.7. The van der Waals surface area contributed by atoms with Crippen LogP contribution in [0, 0.1) is 11.6 Å². The number of nitrogens with zero attached hydrogens (tertiary/aromatic N) is 5. The monoisotopic (exact) mass is 589 g/mol. The van der Waals surface area contributed by atoms with Crippen molar-refractivity contribution in [3.05, 3.63) is 80.9 Å². The van der Waals surface area contributed by atoms with Gasteiger partial charge in [-0.15, -0.1) is 0 Å². The number of halogens is 3. The van der Waals surface area contributed by atoms with Crippen molar-refractivity contribution >= 4 is 49.4 Å². The fraction of sp³-hybridized carbons (Fsp3) is 0.200. The number of aryl methyl sites for hydroxylation is 1. The lowest BCUT2D eigenvalue weighted by Gasteiger charge is -2.20. The first-order valence-corrected chi connectivity index (χ1v) is 13.9. The van der Waals surface area contributed by atoms with Crippen LogP contribution in [-0.2, 0) is 23.5 Å². The second-order valence-corrected chi connectivity index (χ2v) is 11.2. The van der Waals surface area contributed by atoms with Crippen molar-refractivity contribution in [2.24, 2.45) is 12.8 Å². The van der Waals surface area contributed by atoms with Gasteiger partial charge in [-0.1, -0.05) is 11.6 Å². The van der Waals surface area contributed by atoms with E-state index in [9.17, 15) is 22.0 Å². The number of pyridine rings is 1. The summed E-state index contributed by atoms with van der Waals surface area (Å²) in [6.45, 7) is 0. The van der Waals surface area contributed by atoms with Crippen LogP contribution in [-0.4, -0.2) is 46.1 Å². The molecule has 2 aromatic carbocycles. The van der Waals surface area contributed by atoms with Crippen LogP contribution < -0.4 is 20.8 Å². The molecule has 1 unspecified atom stereocenters. The number of anilines is 1. The lowest BCUT2D eigenvalue weighted by atomic mass is 10.0. The number of benzene rings is 2. The van der Waals surface area contributed by atoms with Crippen LogP contribution in [0.2, 0.25) is 5.02 Å². The number of hydrogen-bond donors (Lipinski definition) is 2.